The predicted molar refractivity (Wildman–Crippen MR) is 114 cm³/mol. The first-order valence-corrected chi connectivity index (χ1v) is 10.2. The first-order valence-electron chi connectivity index (χ1n) is 8.61. The molecule has 4 nitrogen and oxygen atoms in total. The zero-order chi connectivity index (χ0) is 18.6. The van der Waals surface area contributed by atoms with Crippen LogP contribution >= 0.6 is 24.0 Å². The lowest BCUT2D eigenvalue weighted by atomic mass is 10.1. The minimum atomic E-state index is 0.598. The van der Waals surface area contributed by atoms with Crippen LogP contribution in [-0.2, 0) is 11.5 Å². The van der Waals surface area contributed by atoms with Crippen LogP contribution in [0.15, 0.2) is 66.7 Å². The van der Waals surface area contributed by atoms with E-state index in [9.17, 15) is 0 Å². The fourth-order valence-electron chi connectivity index (χ4n) is 3.09. The van der Waals surface area contributed by atoms with Crippen LogP contribution in [-0.4, -0.2) is 21.9 Å². The van der Waals surface area contributed by atoms with Crippen LogP contribution in [0, 0.1) is 4.77 Å². The maximum Gasteiger partial charge on any atom is 0.199 e. The zero-order valence-electron chi connectivity index (χ0n) is 14.9. The number of hydrogen-bond acceptors (Lipinski definition) is 4. The second kappa shape index (κ2) is 7.98. The highest BCUT2D eigenvalue weighted by atomic mass is 32.2. The van der Waals surface area contributed by atoms with E-state index in [1.54, 1.807) is 7.11 Å². The third kappa shape index (κ3) is 3.77. The van der Waals surface area contributed by atoms with Gasteiger partial charge in [-0.3, -0.25) is 9.67 Å². The first-order chi connectivity index (χ1) is 13.3. The summed E-state index contributed by atoms with van der Waals surface area (Å²) in [7, 11) is 1.66. The van der Waals surface area contributed by atoms with Crippen LogP contribution in [0.3, 0.4) is 0 Å². The molecular formula is C21H19N3OS2. The van der Waals surface area contributed by atoms with Gasteiger partial charge in [-0.2, -0.15) is 5.10 Å². The minimum Gasteiger partial charge on any atom is -0.497 e. The second-order valence-electron chi connectivity index (χ2n) is 6.11. The Kier molecular flexibility index (Phi) is 5.27. The third-order valence-corrected chi connectivity index (χ3v) is 5.69. The van der Waals surface area contributed by atoms with E-state index in [2.05, 4.69) is 52.7 Å². The van der Waals surface area contributed by atoms with E-state index in [0.717, 1.165) is 28.8 Å². The van der Waals surface area contributed by atoms with Crippen LogP contribution in [0.4, 0.5) is 0 Å². The molecule has 0 saturated heterocycles. The summed E-state index contributed by atoms with van der Waals surface area (Å²) in [5.74, 6) is 3.42. The molecule has 1 aromatic heterocycles. The molecule has 0 aliphatic carbocycles. The fraction of sp³-hybridized carbons (Fsp3) is 0.143. The van der Waals surface area contributed by atoms with Crippen molar-refractivity contribution in [1.82, 2.24) is 14.8 Å². The smallest absolute Gasteiger partial charge is 0.199 e. The molecule has 4 rings (SSSR count). The van der Waals surface area contributed by atoms with Crippen LogP contribution in [0.1, 0.15) is 11.4 Å². The van der Waals surface area contributed by atoms with Gasteiger partial charge in [0.15, 0.2) is 4.77 Å². The monoisotopic (exact) mass is 393 g/mol. The number of aromatic nitrogens is 3. The van der Waals surface area contributed by atoms with E-state index in [1.165, 1.54) is 16.3 Å². The number of nitrogens with zero attached hydrogens (tertiary/aromatic N) is 2. The van der Waals surface area contributed by atoms with Crippen LogP contribution in [0.25, 0.3) is 16.5 Å². The van der Waals surface area contributed by atoms with Gasteiger partial charge in [-0.15, -0.1) is 11.8 Å². The van der Waals surface area contributed by atoms with Crippen molar-refractivity contribution in [2.75, 3.05) is 7.11 Å². The molecule has 0 radical (unpaired) electrons. The first kappa shape index (κ1) is 17.8. The van der Waals surface area contributed by atoms with Gasteiger partial charge in [0.2, 0.25) is 0 Å². The number of ether oxygens (including phenoxy) is 1. The molecule has 0 fully saturated rings. The van der Waals surface area contributed by atoms with Gasteiger partial charge in [-0.25, -0.2) is 0 Å². The summed E-state index contributed by atoms with van der Waals surface area (Å²) in [5.41, 5.74) is 2.32. The molecule has 3 aromatic carbocycles. The van der Waals surface area contributed by atoms with Crippen molar-refractivity contribution in [3.8, 4) is 11.4 Å². The molecule has 0 amide bonds. The van der Waals surface area contributed by atoms with E-state index in [4.69, 9.17) is 17.0 Å². The number of nitrogens with one attached hydrogen (secondary N) is 1. The summed E-state index contributed by atoms with van der Waals surface area (Å²) in [4.78, 5) is 0. The number of H-pyrrole nitrogens is 1. The highest BCUT2D eigenvalue weighted by molar-refractivity contribution is 7.97. The van der Waals surface area contributed by atoms with Crippen molar-refractivity contribution < 1.29 is 4.74 Å². The summed E-state index contributed by atoms with van der Waals surface area (Å²) in [6.45, 7) is 0. The molecule has 27 heavy (non-hydrogen) atoms. The van der Waals surface area contributed by atoms with Crippen molar-refractivity contribution >= 4 is 34.8 Å². The zero-order valence-corrected chi connectivity index (χ0v) is 16.5. The number of benzene rings is 3. The van der Waals surface area contributed by atoms with Gasteiger partial charge < -0.3 is 4.74 Å². The largest absolute Gasteiger partial charge is 0.497 e. The van der Waals surface area contributed by atoms with Gasteiger partial charge >= 0.3 is 0 Å². The average Bonchev–Trinajstić information content (AvgIpc) is 3.08. The Balaban J connectivity index is 1.53. The molecule has 0 spiro atoms. The van der Waals surface area contributed by atoms with Crippen molar-refractivity contribution in [1.29, 1.82) is 0 Å². The molecule has 0 bridgehead atoms. The van der Waals surface area contributed by atoms with Crippen LogP contribution < -0.4 is 4.74 Å². The molecule has 6 heteroatoms. The third-order valence-electron chi connectivity index (χ3n) is 4.44. The van der Waals surface area contributed by atoms with E-state index in [-0.39, 0.29) is 0 Å². The SMILES string of the molecule is COc1ccc(-n2c(CSCc3cccc4ccccc34)n[nH]c2=S)cc1. The molecule has 0 aliphatic heterocycles. The molecular weight excluding hydrogens is 374 g/mol. The Bertz CT molecular complexity index is 1110. The van der Waals surface area contributed by atoms with Gasteiger partial charge in [-0.1, -0.05) is 42.5 Å². The number of thioether (sulfide) groups is 1. The fourth-order valence-corrected chi connectivity index (χ4v) is 4.30. The van der Waals surface area contributed by atoms with Gasteiger partial charge in [0.1, 0.15) is 11.6 Å². The molecule has 0 aliphatic rings. The standard InChI is InChI=1S/C21H19N3OS2/c1-25-18-11-9-17(10-12-18)24-20(22-23-21(24)26)14-27-13-16-7-4-6-15-5-2-3-8-19(15)16/h2-12H,13-14H2,1H3,(H,23,26). The number of methoxy groups -OCH3 is 1. The second-order valence-corrected chi connectivity index (χ2v) is 7.48. The number of rotatable bonds is 6. The summed E-state index contributed by atoms with van der Waals surface area (Å²) in [6.07, 6.45) is 0. The van der Waals surface area contributed by atoms with Gasteiger partial charge in [0.25, 0.3) is 0 Å². The lowest BCUT2D eigenvalue weighted by Crippen LogP contribution is -2.00. The quantitative estimate of drug-likeness (QED) is 0.438. The van der Waals surface area contributed by atoms with Gasteiger partial charge in [0, 0.05) is 11.4 Å². The highest BCUT2D eigenvalue weighted by Crippen LogP contribution is 2.25. The Labute approximate surface area is 167 Å². The highest BCUT2D eigenvalue weighted by Gasteiger charge is 2.09. The Hall–Kier alpha value is -2.57. The average molecular weight is 394 g/mol. The number of hydrogen-bond donors (Lipinski definition) is 1. The number of aromatic amines is 1. The van der Waals surface area contributed by atoms with Crippen molar-refractivity contribution in [2.24, 2.45) is 0 Å². The van der Waals surface area contributed by atoms with E-state index >= 15 is 0 Å². The van der Waals surface area contributed by atoms with E-state index < -0.39 is 0 Å². The Morgan fingerprint density at radius 1 is 1.00 bits per heavy atom. The Morgan fingerprint density at radius 2 is 1.78 bits per heavy atom. The molecule has 1 N–H and O–H groups in total. The molecule has 0 unspecified atom stereocenters. The summed E-state index contributed by atoms with van der Waals surface area (Å²) < 4.78 is 7.81. The molecule has 0 atom stereocenters. The molecule has 4 aromatic rings. The van der Waals surface area contributed by atoms with E-state index in [1.807, 2.05) is 40.6 Å². The van der Waals surface area contributed by atoms with Crippen LogP contribution in [0.5, 0.6) is 5.75 Å². The molecule has 1 heterocycles. The summed E-state index contributed by atoms with van der Waals surface area (Å²) in [5, 5.41) is 9.92. The van der Waals surface area contributed by atoms with Gasteiger partial charge in [-0.05, 0) is 52.8 Å². The van der Waals surface area contributed by atoms with Crippen molar-refractivity contribution in [3.63, 3.8) is 0 Å². The Morgan fingerprint density at radius 3 is 2.59 bits per heavy atom. The maximum absolute atomic E-state index is 5.43. The minimum absolute atomic E-state index is 0.598. The topological polar surface area (TPSA) is 42.8 Å². The number of fused-ring (bicyclic) bond motifs is 1. The lowest BCUT2D eigenvalue weighted by molar-refractivity contribution is 0.414. The van der Waals surface area contributed by atoms with Crippen molar-refractivity contribution in [3.05, 3.63) is 82.9 Å². The maximum atomic E-state index is 5.43. The van der Waals surface area contributed by atoms with E-state index in [0.29, 0.717) is 4.77 Å². The lowest BCUT2D eigenvalue weighted by Gasteiger charge is -2.09. The van der Waals surface area contributed by atoms with Crippen LogP contribution in [0.2, 0.25) is 0 Å². The normalized spacial score (nSPS) is 11.0. The van der Waals surface area contributed by atoms with Gasteiger partial charge in [0.05, 0.1) is 12.9 Å². The molecule has 0 saturated carbocycles. The van der Waals surface area contributed by atoms with Crippen molar-refractivity contribution in [2.45, 2.75) is 11.5 Å². The summed E-state index contributed by atoms with van der Waals surface area (Å²) >= 11 is 7.26. The predicted octanol–water partition coefficient (Wildman–Crippen LogP) is 5.53. The molecule has 136 valence electrons. The summed E-state index contributed by atoms with van der Waals surface area (Å²) in [6, 6.07) is 22.8.